The molecule has 0 radical (unpaired) electrons. The molecular weight excluding hydrogens is 331 g/mol. The van der Waals surface area contributed by atoms with Crippen LogP contribution in [0.5, 0.6) is 0 Å². The van der Waals surface area contributed by atoms with Crippen molar-refractivity contribution in [2.24, 2.45) is 0 Å². The minimum atomic E-state index is -3.92. The number of aromatic amines is 1. The first-order valence-electron chi connectivity index (χ1n) is 7.12. The molecule has 0 atom stereocenters. The quantitative estimate of drug-likeness (QED) is 0.760. The van der Waals surface area contributed by atoms with Crippen molar-refractivity contribution >= 4 is 15.7 Å². The molecule has 2 aromatic heterocycles. The fraction of sp³-hybridized carbons (Fsp3) is 0.125. The van der Waals surface area contributed by atoms with E-state index in [4.69, 9.17) is 0 Å². The van der Waals surface area contributed by atoms with Gasteiger partial charge in [-0.1, -0.05) is 12.1 Å². The summed E-state index contributed by atoms with van der Waals surface area (Å²) < 4.78 is 40.2. The van der Waals surface area contributed by atoms with Crippen molar-refractivity contribution in [3.8, 4) is 11.4 Å². The maximum absolute atomic E-state index is 13.2. The lowest BCUT2D eigenvalue weighted by Gasteiger charge is -2.09. The van der Waals surface area contributed by atoms with Gasteiger partial charge in [-0.15, -0.1) is 0 Å². The van der Waals surface area contributed by atoms with Crippen molar-refractivity contribution in [3.63, 3.8) is 0 Å². The first-order valence-corrected chi connectivity index (χ1v) is 8.60. The van der Waals surface area contributed by atoms with Gasteiger partial charge in [-0.3, -0.25) is 9.71 Å². The Morgan fingerprint density at radius 2 is 1.96 bits per heavy atom. The van der Waals surface area contributed by atoms with E-state index in [1.165, 1.54) is 0 Å². The number of aromatic nitrogens is 3. The van der Waals surface area contributed by atoms with E-state index in [0.29, 0.717) is 11.5 Å². The highest BCUT2D eigenvalue weighted by Gasteiger charge is 2.16. The van der Waals surface area contributed by atoms with Gasteiger partial charge < -0.3 is 4.98 Å². The molecule has 0 bridgehead atoms. The van der Waals surface area contributed by atoms with Gasteiger partial charge >= 0.3 is 0 Å². The third kappa shape index (κ3) is 3.28. The van der Waals surface area contributed by atoms with E-state index in [0.717, 1.165) is 35.4 Å². The highest BCUT2D eigenvalue weighted by Crippen LogP contribution is 2.23. The molecule has 0 saturated heterocycles. The van der Waals surface area contributed by atoms with Crippen LogP contribution in [0.2, 0.25) is 0 Å². The summed E-state index contributed by atoms with van der Waals surface area (Å²) in [6.07, 6.45) is 2.04. The molecule has 0 unspecified atom stereocenters. The Hall–Kier alpha value is -2.74. The number of anilines is 1. The lowest BCUT2D eigenvalue weighted by molar-refractivity contribution is 0.592. The largest absolute Gasteiger partial charge is 0.342 e. The monoisotopic (exact) mass is 346 g/mol. The SMILES string of the molecule is Cc1nc(-c2cccc(NS(=O)(=O)c3cncc(F)c3)c2)[nH]c1C. The number of hydrogen-bond donors (Lipinski definition) is 2. The molecule has 0 aliphatic rings. The van der Waals surface area contributed by atoms with Gasteiger partial charge in [0.1, 0.15) is 16.5 Å². The number of nitrogens with zero attached hydrogens (tertiary/aromatic N) is 2. The van der Waals surface area contributed by atoms with Crippen LogP contribution in [0.1, 0.15) is 11.4 Å². The van der Waals surface area contributed by atoms with E-state index >= 15 is 0 Å². The fourth-order valence-electron chi connectivity index (χ4n) is 2.17. The average molecular weight is 346 g/mol. The summed E-state index contributed by atoms with van der Waals surface area (Å²) in [7, 11) is -3.92. The summed E-state index contributed by atoms with van der Waals surface area (Å²) in [5, 5.41) is 0. The van der Waals surface area contributed by atoms with E-state index in [9.17, 15) is 12.8 Å². The minimum Gasteiger partial charge on any atom is -0.342 e. The zero-order valence-corrected chi connectivity index (χ0v) is 13.9. The summed E-state index contributed by atoms with van der Waals surface area (Å²) in [5.41, 5.74) is 2.91. The van der Waals surface area contributed by atoms with Crippen LogP contribution in [0.15, 0.2) is 47.6 Å². The number of aryl methyl sites for hydroxylation is 2. The number of H-pyrrole nitrogens is 1. The van der Waals surface area contributed by atoms with Gasteiger partial charge in [0.15, 0.2) is 0 Å². The van der Waals surface area contributed by atoms with Gasteiger partial charge in [0.05, 0.1) is 11.9 Å². The van der Waals surface area contributed by atoms with Crippen LogP contribution < -0.4 is 4.72 Å². The van der Waals surface area contributed by atoms with Crippen LogP contribution in [-0.2, 0) is 10.0 Å². The molecule has 0 aliphatic carbocycles. The summed E-state index contributed by atoms with van der Waals surface area (Å²) in [4.78, 5) is 10.9. The van der Waals surface area contributed by atoms with Crippen LogP contribution in [0.25, 0.3) is 11.4 Å². The minimum absolute atomic E-state index is 0.238. The van der Waals surface area contributed by atoms with E-state index < -0.39 is 15.8 Å². The van der Waals surface area contributed by atoms with Crippen LogP contribution >= 0.6 is 0 Å². The summed E-state index contributed by atoms with van der Waals surface area (Å²) in [5.74, 6) is -0.0633. The summed E-state index contributed by atoms with van der Waals surface area (Å²) >= 11 is 0. The molecule has 3 aromatic rings. The molecule has 0 saturated carbocycles. The molecule has 124 valence electrons. The number of sulfonamides is 1. The second-order valence-corrected chi connectivity index (χ2v) is 7.00. The van der Waals surface area contributed by atoms with E-state index in [1.807, 2.05) is 19.9 Å². The van der Waals surface area contributed by atoms with Gasteiger partial charge in [0.25, 0.3) is 10.0 Å². The van der Waals surface area contributed by atoms with Gasteiger partial charge in [-0.25, -0.2) is 17.8 Å². The topological polar surface area (TPSA) is 87.7 Å². The van der Waals surface area contributed by atoms with E-state index in [2.05, 4.69) is 19.7 Å². The molecule has 0 fully saturated rings. The Morgan fingerprint density at radius 1 is 1.17 bits per heavy atom. The molecule has 2 heterocycles. The van der Waals surface area contributed by atoms with Crippen molar-refractivity contribution in [3.05, 3.63) is 59.9 Å². The second-order valence-electron chi connectivity index (χ2n) is 5.32. The van der Waals surface area contributed by atoms with Crippen molar-refractivity contribution in [1.29, 1.82) is 0 Å². The second kappa shape index (κ2) is 6.04. The zero-order valence-electron chi connectivity index (χ0n) is 13.0. The van der Waals surface area contributed by atoms with Crippen LogP contribution in [0.4, 0.5) is 10.1 Å². The Kier molecular flexibility index (Phi) is 4.06. The molecule has 0 aliphatic heterocycles. The molecule has 0 amide bonds. The number of imidazole rings is 1. The third-order valence-electron chi connectivity index (χ3n) is 3.51. The molecular formula is C16H15FN4O2S. The summed E-state index contributed by atoms with van der Waals surface area (Å²) in [6, 6.07) is 7.71. The van der Waals surface area contributed by atoms with Crippen LogP contribution in [0.3, 0.4) is 0 Å². The molecule has 8 heteroatoms. The van der Waals surface area contributed by atoms with Crippen molar-refractivity contribution < 1.29 is 12.8 Å². The number of hydrogen-bond acceptors (Lipinski definition) is 4. The highest BCUT2D eigenvalue weighted by atomic mass is 32.2. The predicted molar refractivity (Wildman–Crippen MR) is 88.5 cm³/mol. The van der Waals surface area contributed by atoms with Crippen molar-refractivity contribution in [2.45, 2.75) is 18.7 Å². The Morgan fingerprint density at radius 3 is 2.62 bits per heavy atom. The highest BCUT2D eigenvalue weighted by molar-refractivity contribution is 7.92. The maximum Gasteiger partial charge on any atom is 0.263 e. The fourth-order valence-corrected chi connectivity index (χ4v) is 3.19. The number of nitrogens with one attached hydrogen (secondary N) is 2. The molecule has 0 spiro atoms. The number of pyridine rings is 1. The third-order valence-corrected chi connectivity index (χ3v) is 4.85. The Bertz CT molecular complexity index is 979. The number of halogens is 1. The van der Waals surface area contributed by atoms with E-state index in [1.54, 1.807) is 18.2 Å². The molecule has 6 nitrogen and oxygen atoms in total. The first-order chi connectivity index (χ1) is 11.3. The number of benzene rings is 1. The molecule has 24 heavy (non-hydrogen) atoms. The Balaban J connectivity index is 1.92. The van der Waals surface area contributed by atoms with Crippen molar-refractivity contribution in [1.82, 2.24) is 15.0 Å². The van der Waals surface area contributed by atoms with E-state index in [-0.39, 0.29) is 4.90 Å². The first kappa shape index (κ1) is 16.1. The lowest BCUT2D eigenvalue weighted by Crippen LogP contribution is -2.13. The Labute approximate surface area is 138 Å². The van der Waals surface area contributed by atoms with Gasteiger partial charge in [-0.2, -0.15) is 0 Å². The number of rotatable bonds is 4. The standard InChI is InChI=1S/C16H15FN4O2S/c1-10-11(2)20-16(19-10)12-4-3-5-14(6-12)21-24(22,23)15-7-13(17)8-18-9-15/h3-9,21H,1-2H3,(H,19,20). The normalized spacial score (nSPS) is 11.5. The van der Waals surface area contributed by atoms with Crippen LogP contribution in [-0.4, -0.2) is 23.4 Å². The average Bonchev–Trinajstić information content (AvgIpc) is 2.87. The molecule has 3 rings (SSSR count). The predicted octanol–water partition coefficient (Wildman–Crippen LogP) is 3.03. The molecule has 1 aromatic carbocycles. The van der Waals surface area contributed by atoms with Crippen LogP contribution in [0, 0.1) is 19.7 Å². The summed E-state index contributed by atoms with van der Waals surface area (Å²) in [6.45, 7) is 3.80. The van der Waals surface area contributed by atoms with Crippen molar-refractivity contribution in [2.75, 3.05) is 4.72 Å². The van der Waals surface area contributed by atoms with Gasteiger partial charge in [0, 0.05) is 23.1 Å². The van der Waals surface area contributed by atoms with Gasteiger partial charge in [-0.05, 0) is 32.0 Å². The maximum atomic E-state index is 13.2. The lowest BCUT2D eigenvalue weighted by atomic mass is 10.2. The van der Waals surface area contributed by atoms with Gasteiger partial charge in [0.2, 0.25) is 0 Å². The zero-order chi connectivity index (χ0) is 17.3. The molecule has 2 N–H and O–H groups in total. The smallest absolute Gasteiger partial charge is 0.263 e.